The molecule has 0 saturated carbocycles. The van der Waals surface area contributed by atoms with E-state index in [1.165, 1.54) is 0 Å². The molecule has 5 saturated heterocycles. The summed E-state index contributed by atoms with van der Waals surface area (Å²) in [7, 11) is 0. The van der Waals surface area contributed by atoms with E-state index in [9.17, 15) is 24.4 Å². The maximum Gasteiger partial charge on any atom is 0.262 e. The molecule has 0 aliphatic carbocycles. The third kappa shape index (κ3) is 6.65. The summed E-state index contributed by atoms with van der Waals surface area (Å²) in [6.07, 6.45) is 7.58. The minimum absolute atomic E-state index is 0.0978. The fourth-order valence-corrected chi connectivity index (χ4v) is 9.89. The number of fused-ring (bicyclic) bond motifs is 1. The molecule has 56 heavy (non-hydrogen) atoms. The van der Waals surface area contributed by atoms with Crippen molar-refractivity contribution in [3.8, 4) is 6.07 Å². The monoisotopic (exact) mass is 776 g/mol. The first-order valence-corrected chi connectivity index (χ1v) is 20.0. The van der Waals surface area contributed by atoms with Gasteiger partial charge in [0.2, 0.25) is 11.8 Å². The molecule has 0 radical (unpaired) electrons. The lowest BCUT2D eigenvalue weighted by molar-refractivity contribution is -0.136. The molecule has 0 bridgehead atoms. The molecule has 14 nitrogen and oxygen atoms in total. The van der Waals surface area contributed by atoms with Crippen LogP contribution in [0.2, 0.25) is 5.02 Å². The Hall–Kier alpha value is -5.10. The van der Waals surface area contributed by atoms with Crippen molar-refractivity contribution in [3.05, 3.63) is 76.3 Å². The molecule has 4 amide bonds. The Morgan fingerprint density at radius 3 is 2.29 bits per heavy atom. The third-order valence-corrected chi connectivity index (χ3v) is 13.3. The number of benzene rings is 2. The van der Waals surface area contributed by atoms with Gasteiger partial charge in [0, 0.05) is 88.8 Å². The molecule has 2 atom stereocenters. The van der Waals surface area contributed by atoms with Gasteiger partial charge in [-0.25, -0.2) is 9.97 Å². The van der Waals surface area contributed by atoms with Crippen LogP contribution in [0.4, 0.5) is 17.1 Å². The van der Waals surface area contributed by atoms with Gasteiger partial charge in [-0.3, -0.25) is 39.2 Å². The number of nitrogens with one attached hydrogen (secondary N) is 1. The van der Waals surface area contributed by atoms with Crippen LogP contribution in [-0.4, -0.2) is 125 Å². The average molecular weight is 777 g/mol. The minimum Gasteiger partial charge on any atom is -0.369 e. The largest absolute Gasteiger partial charge is 0.369 e. The molecule has 1 aromatic heterocycles. The van der Waals surface area contributed by atoms with Crippen molar-refractivity contribution in [1.82, 2.24) is 30.0 Å². The number of halogens is 1. The third-order valence-electron chi connectivity index (χ3n) is 13.0. The second-order valence-electron chi connectivity index (χ2n) is 16.3. The highest BCUT2D eigenvalue weighted by Gasteiger charge is 2.46. The van der Waals surface area contributed by atoms with Crippen molar-refractivity contribution >= 4 is 52.3 Å². The van der Waals surface area contributed by atoms with Gasteiger partial charge in [-0.2, -0.15) is 5.26 Å². The van der Waals surface area contributed by atoms with Gasteiger partial charge in [0.05, 0.1) is 46.3 Å². The van der Waals surface area contributed by atoms with Crippen LogP contribution >= 0.6 is 11.6 Å². The van der Waals surface area contributed by atoms with Gasteiger partial charge < -0.3 is 14.7 Å². The number of anilines is 3. The standard InChI is InChI=1S/C41H45ClN10O4/c1-26-18-41(25-51(26)29-3-2-27(19-43)34(42)17-29)8-10-48(11-9-41)30-20-44-36(45-21-30)24-47-12-14-49(15-13-47)31-22-50(23-31)28-4-5-32-33(16-28)40(56)52(39(32)55)35-6-7-37(53)46-38(35)54/h2-5,16-17,20-21,26,31,35H,6-15,18,22-25H2,1H3,(H,46,53,54)/t26-,35?/m0/s1. The highest BCUT2D eigenvalue weighted by Crippen LogP contribution is 2.46. The highest BCUT2D eigenvalue weighted by atomic mass is 35.5. The molecule has 1 unspecified atom stereocenters. The number of carbonyl (C=O) groups excluding carboxylic acids is 4. The number of rotatable bonds is 7. The van der Waals surface area contributed by atoms with E-state index < -0.39 is 23.8 Å². The Balaban J connectivity index is 0.725. The number of nitrogens with zero attached hydrogens (tertiary/aromatic N) is 9. The Bertz CT molecular complexity index is 2120. The quantitative estimate of drug-likeness (QED) is 0.351. The van der Waals surface area contributed by atoms with E-state index in [-0.39, 0.29) is 24.2 Å². The van der Waals surface area contributed by atoms with Gasteiger partial charge in [0.15, 0.2) is 0 Å². The molecular weight excluding hydrogens is 732 g/mol. The second-order valence-corrected chi connectivity index (χ2v) is 16.8. The summed E-state index contributed by atoms with van der Waals surface area (Å²) in [4.78, 5) is 73.0. The first-order chi connectivity index (χ1) is 27.1. The molecule has 9 rings (SSSR count). The minimum atomic E-state index is -0.965. The van der Waals surface area contributed by atoms with E-state index in [1.54, 1.807) is 12.1 Å². The van der Waals surface area contributed by atoms with Crippen molar-refractivity contribution in [2.45, 2.75) is 63.7 Å². The van der Waals surface area contributed by atoms with Gasteiger partial charge in [0.25, 0.3) is 11.8 Å². The van der Waals surface area contributed by atoms with Crippen LogP contribution in [-0.2, 0) is 16.1 Å². The summed E-state index contributed by atoms with van der Waals surface area (Å²) in [6, 6.07) is 13.1. The number of aromatic nitrogens is 2. The Morgan fingerprint density at radius 2 is 1.59 bits per heavy atom. The number of hydrogen-bond donors (Lipinski definition) is 1. The van der Waals surface area contributed by atoms with Crippen molar-refractivity contribution < 1.29 is 19.2 Å². The van der Waals surface area contributed by atoms with E-state index in [4.69, 9.17) is 21.6 Å². The molecule has 5 fully saturated rings. The number of imide groups is 2. The molecule has 15 heteroatoms. The van der Waals surface area contributed by atoms with Crippen molar-refractivity contribution in [3.63, 3.8) is 0 Å². The summed E-state index contributed by atoms with van der Waals surface area (Å²) < 4.78 is 0. The summed E-state index contributed by atoms with van der Waals surface area (Å²) in [5.74, 6) is -1.11. The van der Waals surface area contributed by atoms with E-state index in [1.807, 2.05) is 36.7 Å². The molecule has 2 aromatic carbocycles. The van der Waals surface area contributed by atoms with Crippen LogP contribution in [0.25, 0.3) is 0 Å². The fraction of sp³-hybridized carbons (Fsp3) is 0.488. The second kappa shape index (κ2) is 14.4. The first-order valence-electron chi connectivity index (χ1n) is 19.7. The molecule has 6 aliphatic rings. The molecule has 7 heterocycles. The number of amides is 4. The van der Waals surface area contributed by atoms with Crippen LogP contribution in [0, 0.1) is 16.7 Å². The van der Waals surface area contributed by atoms with Crippen LogP contribution in [0.3, 0.4) is 0 Å². The zero-order valence-electron chi connectivity index (χ0n) is 31.5. The van der Waals surface area contributed by atoms with Gasteiger partial charge in [-0.1, -0.05) is 11.6 Å². The zero-order chi connectivity index (χ0) is 38.7. The normalized spacial score (nSPS) is 24.4. The number of piperazine rings is 1. The van der Waals surface area contributed by atoms with Crippen molar-refractivity contribution in [2.75, 3.05) is 73.6 Å². The number of piperidine rings is 2. The molecule has 1 spiro atoms. The van der Waals surface area contributed by atoms with E-state index >= 15 is 0 Å². The molecular formula is C41H45ClN10O4. The van der Waals surface area contributed by atoms with Gasteiger partial charge >= 0.3 is 0 Å². The predicted octanol–water partition coefficient (Wildman–Crippen LogP) is 3.29. The predicted molar refractivity (Wildman–Crippen MR) is 209 cm³/mol. The van der Waals surface area contributed by atoms with E-state index in [0.29, 0.717) is 33.8 Å². The summed E-state index contributed by atoms with van der Waals surface area (Å²) >= 11 is 6.37. The Morgan fingerprint density at radius 1 is 0.875 bits per heavy atom. The molecule has 290 valence electrons. The number of carbonyl (C=O) groups is 4. The smallest absolute Gasteiger partial charge is 0.262 e. The lowest BCUT2D eigenvalue weighted by Crippen LogP contribution is -2.63. The summed E-state index contributed by atoms with van der Waals surface area (Å²) in [5, 5.41) is 12.0. The molecule has 1 N–H and O–H groups in total. The zero-order valence-corrected chi connectivity index (χ0v) is 32.2. The first kappa shape index (κ1) is 36.5. The molecule has 3 aromatic rings. The Kier molecular flexibility index (Phi) is 9.42. The number of nitriles is 1. The van der Waals surface area contributed by atoms with Gasteiger partial charge in [-0.05, 0) is 74.4 Å². The van der Waals surface area contributed by atoms with Crippen molar-refractivity contribution in [2.24, 2.45) is 5.41 Å². The van der Waals surface area contributed by atoms with E-state index in [2.05, 4.69) is 42.8 Å². The summed E-state index contributed by atoms with van der Waals surface area (Å²) in [5.41, 5.74) is 4.46. The lowest BCUT2D eigenvalue weighted by Gasteiger charge is -2.49. The summed E-state index contributed by atoms with van der Waals surface area (Å²) in [6.45, 7) is 11.4. The van der Waals surface area contributed by atoms with Gasteiger partial charge in [-0.15, -0.1) is 0 Å². The van der Waals surface area contributed by atoms with Crippen LogP contribution in [0.15, 0.2) is 48.8 Å². The average Bonchev–Trinajstić information content (AvgIpc) is 3.63. The SMILES string of the molecule is C[C@H]1CC2(CCN(c3cnc(CN4CCN(C5CN(c6ccc7c(c6)C(=O)N(C6CCC(=O)NC6=O)C7=O)C5)CC4)nc3)CC2)CN1c1ccc(C#N)c(Cl)c1. The van der Waals surface area contributed by atoms with Crippen LogP contribution < -0.4 is 20.0 Å². The lowest BCUT2D eigenvalue weighted by atomic mass is 9.76. The van der Waals surface area contributed by atoms with Crippen LogP contribution in [0.5, 0.6) is 0 Å². The maximum atomic E-state index is 13.3. The topological polar surface area (TPSA) is 149 Å². The van der Waals surface area contributed by atoms with Gasteiger partial charge in [0.1, 0.15) is 17.9 Å². The van der Waals surface area contributed by atoms with E-state index in [0.717, 1.165) is 112 Å². The highest BCUT2D eigenvalue weighted by molar-refractivity contribution is 6.32. The fourth-order valence-electron chi connectivity index (χ4n) is 9.67. The maximum absolute atomic E-state index is 13.3. The number of hydrogen-bond acceptors (Lipinski definition) is 12. The van der Waals surface area contributed by atoms with Crippen molar-refractivity contribution in [1.29, 1.82) is 5.26 Å². The molecule has 6 aliphatic heterocycles. The Labute approximate surface area is 331 Å². The van der Waals surface area contributed by atoms with Crippen LogP contribution in [0.1, 0.15) is 71.1 Å².